The molecular weight excluding hydrogens is 382 g/mol. The smallest absolute Gasteiger partial charge is 0.307 e. The maximum absolute atomic E-state index is 12.8. The molecule has 28 heavy (non-hydrogen) atoms. The molecule has 6 nitrogen and oxygen atoms in total. The van der Waals surface area contributed by atoms with Crippen molar-refractivity contribution in [2.75, 3.05) is 20.8 Å². The molecule has 0 radical (unpaired) electrons. The van der Waals surface area contributed by atoms with Crippen molar-refractivity contribution in [1.29, 1.82) is 0 Å². The molecule has 0 heterocycles. The van der Waals surface area contributed by atoms with Crippen LogP contribution in [0.15, 0.2) is 55.1 Å². The Hall–Kier alpha value is -2.99. The van der Waals surface area contributed by atoms with Gasteiger partial charge in [0.25, 0.3) is 5.91 Å². The number of nitrogens with one attached hydrogen (secondary N) is 1. The Labute approximate surface area is 169 Å². The van der Waals surface area contributed by atoms with Gasteiger partial charge in [-0.15, -0.1) is 0 Å². The van der Waals surface area contributed by atoms with Gasteiger partial charge in [0.2, 0.25) is 0 Å². The highest BCUT2D eigenvalue weighted by atomic mass is 35.5. The summed E-state index contributed by atoms with van der Waals surface area (Å²) in [6, 6.07) is 11.2. The molecule has 0 saturated heterocycles. The number of rotatable bonds is 9. The number of amides is 1. The fourth-order valence-corrected chi connectivity index (χ4v) is 2.83. The van der Waals surface area contributed by atoms with E-state index in [1.165, 1.54) is 14.2 Å². The minimum Gasteiger partial charge on any atom is -0.493 e. The van der Waals surface area contributed by atoms with Crippen LogP contribution in [-0.4, -0.2) is 32.7 Å². The first-order chi connectivity index (χ1) is 13.5. The zero-order valence-electron chi connectivity index (χ0n) is 15.7. The van der Waals surface area contributed by atoms with Crippen LogP contribution in [-0.2, 0) is 9.53 Å². The number of ether oxygens (including phenoxy) is 3. The van der Waals surface area contributed by atoms with Crippen molar-refractivity contribution in [1.82, 2.24) is 5.32 Å². The first-order valence-corrected chi connectivity index (χ1v) is 8.91. The predicted molar refractivity (Wildman–Crippen MR) is 107 cm³/mol. The molecule has 0 aliphatic carbocycles. The fraction of sp³-hybridized carbons (Fsp3) is 0.238. The van der Waals surface area contributed by atoms with Gasteiger partial charge in [0.15, 0.2) is 11.5 Å². The molecule has 0 fully saturated rings. The van der Waals surface area contributed by atoms with Gasteiger partial charge in [0, 0.05) is 10.6 Å². The Morgan fingerprint density at radius 2 is 1.93 bits per heavy atom. The summed E-state index contributed by atoms with van der Waals surface area (Å²) in [7, 11) is 2.78. The lowest BCUT2D eigenvalue weighted by Crippen LogP contribution is -2.30. The zero-order chi connectivity index (χ0) is 20.5. The molecule has 7 heteroatoms. The number of hydrogen-bond donors (Lipinski definition) is 1. The van der Waals surface area contributed by atoms with E-state index in [0.717, 1.165) is 0 Å². The number of halogens is 1. The maximum Gasteiger partial charge on any atom is 0.307 e. The summed E-state index contributed by atoms with van der Waals surface area (Å²) in [6.45, 7) is 3.91. The predicted octanol–water partition coefficient (Wildman–Crippen LogP) is 3.95. The molecule has 0 aliphatic heterocycles. The van der Waals surface area contributed by atoms with Crippen LogP contribution in [0.3, 0.4) is 0 Å². The van der Waals surface area contributed by atoms with Gasteiger partial charge in [0.1, 0.15) is 6.61 Å². The number of hydrogen-bond acceptors (Lipinski definition) is 5. The molecule has 2 rings (SSSR count). The molecule has 0 bridgehead atoms. The topological polar surface area (TPSA) is 73.9 Å². The molecular formula is C21H22ClNO5. The molecule has 1 atom stereocenters. The highest BCUT2D eigenvalue weighted by Crippen LogP contribution is 2.29. The van der Waals surface area contributed by atoms with Gasteiger partial charge >= 0.3 is 5.97 Å². The van der Waals surface area contributed by atoms with Gasteiger partial charge in [-0.2, -0.15) is 0 Å². The number of benzene rings is 2. The summed E-state index contributed by atoms with van der Waals surface area (Å²) in [4.78, 5) is 24.6. The highest BCUT2D eigenvalue weighted by Gasteiger charge is 2.22. The largest absolute Gasteiger partial charge is 0.493 e. The van der Waals surface area contributed by atoms with Crippen LogP contribution < -0.4 is 14.8 Å². The Morgan fingerprint density at radius 1 is 1.18 bits per heavy atom. The summed E-state index contributed by atoms with van der Waals surface area (Å²) >= 11 is 6.24. The Balaban J connectivity index is 2.26. The van der Waals surface area contributed by atoms with Crippen LogP contribution in [0.25, 0.3) is 0 Å². The highest BCUT2D eigenvalue weighted by molar-refractivity contribution is 6.31. The minimum atomic E-state index is -0.642. The molecule has 1 amide bonds. The minimum absolute atomic E-state index is 0.0519. The summed E-state index contributed by atoms with van der Waals surface area (Å²) in [5.41, 5.74) is 0.977. The van der Waals surface area contributed by atoms with E-state index in [-0.39, 0.29) is 12.3 Å². The van der Waals surface area contributed by atoms with E-state index in [1.54, 1.807) is 48.5 Å². The third-order valence-corrected chi connectivity index (χ3v) is 4.31. The molecule has 2 aromatic rings. The lowest BCUT2D eigenvalue weighted by molar-refractivity contribution is -0.141. The van der Waals surface area contributed by atoms with Crippen LogP contribution in [0.2, 0.25) is 5.02 Å². The second kappa shape index (κ2) is 10.4. The van der Waals surface area contributed by atoms with E-state index in [9.17, 15) is 9.59 Å². The Kier molecular flexibility index (Phi) is 7.89. The maximum atomic E-state index is 12.8. The standard InChI is InChI=1S/C21H22ClNO5/c1-4-11-28-18-10-9-14(12-19(18)26-2)21(25)23-17(13-20(24)27-3)15-7-5-6-8-16(15)22/h4-10,12,17H,1,11,13H2,2-3H3,(H,23,25). The number of carbonyl (C=O) groups is 2. The average Bonchev–Trinajstić information content (AvgIpc) is 2.71. The number of carbonyl (C=O) groups excluding carboxylic acids is 2. The first-order valence-electron chi connectivity index (χ1n) is 8.54. The van der Waals surface area contributed by atoms with Crippen molar-refractivity contribution in [3.8, 4) is 11.5 Å². The summed E-state index contributed by atoms with van der Waals surface area (Å²) in [5, 5.41) is 3.28. The first kappa shape index (κ1) is 21.3. The molecule has 1 unspecified atom stereocenters. The fourth-order valence-electron chi connectivity index (χ4n) is 2.56. The van der Waals surface area contributed by atoms with Gasteiger partial charge < -0.3 is 19.5 Å². The third-order valence-electron chi connectivity index (χ3n) is 3.97. The number of esters is 1. The van der Waals surface area contributed by atoms with E-state index in [2.05, 4.69) is 11.9 Å². The van der Waals surface area contributed by atoms with Gasteiger partial charge in [-0.3, -0.25) is 9.59 Å². The third kappa shape index (κ3) is 5.50. The molecule has 0 aliphatic rings. The van der Waals surface area contributed by atoms with Crippen molar-refractivity contribution >= 4 is 23.5 Å². The number of methoxy groups -OCH3 is 2. The lowest BCUT2D eigenvalue weighted by Gasteiger charge is -2.20. The summed E-state index contributed by atoms with van der Waals surface area (Å²) < 4.78 is 15.5. The summed E-state index contributed by atoms with van der Waals surface area (Å²) in [6.07, 6.45) is 1.56. The van der Waals surface area contributed by atoms with Gasteiger partial charge in [-0.1, -0.05) is 42.5 Å². The van der Waals surface area contributed by atoms with E-state index in [4.69, 9.17) is 25.8 Å². The van der Waals surface area contributed by atoms with E-state index in [1.807, 2.05) is 0 Å². The van der Waals surface area contributed by atoms with Crippen molar-refractivity contribution < 1.29 is 23.8 Å². The van der Waals surface area contributed by atoms with Crippen LogP contribution in [0.5, 0.6) is 11.5 Å². The Morgan fingerprint density at radius 3 is 2.57 bits per heavy atom. The second-order valence-corrected chi connectivity index (χ2v) is 6.20. The lowest BCUT2D eigenvalue weighted by atomic mass is 10.0. The molecule has 148 valence electrons. The van der Waals surface area contributed by atoms with Crippen molar-refractivity contribution in [3.63, 3.8) is 0 Å². The average molecular weight is 404 g/mol. The monoisotopic (exact) mass is 403 g/mol. The second-order valence-electron chi connectivity index (χ2n) is 5.79. The van der Waals surface area contributed by atoms with Gasteiger partial charge in [-0.05, 0) is 29.8 Å². The Bertz CT molecular complexity index is 852. The van der Waals surface area contributed by atoms with Gasteiger partial charge in [0.05, 0.1) is 26.7 Å². The molecule has 1 N–H and O–H groups in total. The SMILES string of the molecule is C=CCOc1ccc(C(=O)NC(CC(=O)OC)c2ccccc2Cl)cc1OC. The normalized spacial score (nSPS) is 11.2. The van der Waals surface area contributed by atoms with Crippen LogP contribution in [0.4, 0.5) is 0 Å². The zero-order valence-corrected chi connectivity index (χ0v) is 16.5. The van der Waals surface area contributed by atoms with Crippen molar-refractivity contribution in [2.24, 2.45) is 0 Å². The quantitative estimate of drug-likeness (QED) is 0.507. The van der Waals surface area contributed by atoms with Crippen LogP contribution in [0.1, 0.15) is 28.4 Å². The van der Waals surface area contributed by atoms with E-state index in [0.29, 0.717) is 34.3 Å². The summed E-state index contributed by atoms with van der Waals surface area (Å²) in [5.74, 6) is 0.0614. The van der Waals surface area contributed by atoms with Crippen LogP contribution in [0, 0.1) is 0 Å². The molecule has 0 aromatic heterocycles. The van der Waals surface area contributed by atoms with E-state index < -0.39 is 12.0 Å². The van der Waals surface area contributed by atoms with Crippen molar-refractivity contribution in [2.45, 2.75) is 12.5 Å². The molecule has 2 aromatic carbocycles. The van der Waals surface area contributed by atoms with E-state index >= 15 is 0 Å². The molecule has 0 saturated carbocycles. The molecule has 0 spiro atoms. The van der Waals surface area contributed by atoms with Crippen molar-refractivity contribution in [3.05, 3.63) is 71.3 Å². The van der Waals surface area contributed by atoms with Crippen LogP contribution >= 0.6 is 11.6 Å². The van der Waals surface area contributed by atoms with Gasteiger partial charge in [-0.25, -0.2) is 0 Å².